The molecule has 0 bridgehead atoms. The molecule has 22 heavy (non-hydrogen) atoms. The quantitative estimate of drug-likeness (QED) is 0.848. The van der Waals surface area contributed by atoms with E-state index in [9.17, 15) is 9.90 Å². The Balaban J connectivity index is 1.80. The predicted octanol–water partition coefficient (Wildman–Crippen LogP) is 1.09. The fourth-order valence-corrected chi connectivity index (χ4v) is 3.54. The third-order valence-corrected chi connectivity index (χ3v) is 4.98. The van der Waals surface area contributed by atoms with E-state index in [2.05, 4.69) is 27.0 Å². The number of amides is 1. The third kappa shape index (κ3) is 4.74. The molecule has 124 valence electrons. The van der Waals surface area contributed by atoms with Crippen LogP contribution in [0, 0.1) is 13.8 Å². The van der Waals surface area contributed by atoms with Crippen LogP contribution in [0.4, 0.5) is 5.13 Å². The van der Waals surface area contributed by atoms with Gasteiger partial charge in [0.2, 0.25) is 5.91 Å². The molecule has 0 radical (unpaired) electrons. The number of β-amino-alcohol motifs (C(OH)–C–C–N with tert-alkyl or cyclic N) is 1. The summed E-state index contributed by atoms with van der Waals surface area (Å²) in [5.41, 5.74) is 0.973. The van der Waals surface area contributed by atoms with Crippen molar-refractivity contribution in [3.63, 3.8) is 0 Å². The standard InChI is InChI=1S/C15H26N4O2S/c1-10-7-18(5-6-19(10)8-11(2)20)9-14(21)17-15-16-12(3)13(4)22-15/h10-11,20H,5-9H2,1-4H3,(H,16,17,21)/t10-,11+/m0/s1. The molecule has 6 nitrogen and oxygen atoms in total. The Morgan fingerprint density at radius 3 is 2.77 bits per heavy atom. The first-order valence-corrected chi connectivity index (χ1v) is 8.55. The first-order chi connectivity index (χ1) is 10.3. The zero-order valence-electron chi connectivity index (χ0n) is 13.8. The molecular formula is C15H26N4O2S. The molecule has 0 aromatic carbocycles. The van der Waals surface area contributed by atoms with Crippen molar-refractivity contribution in [2.24, 2.45) is 0 Å². The number of hydrogen-bond donors (Lipinski definition) is 2. The van der Waals surface area contributed by atoms with Gasteiger partial charge in [-0.1, -0.05) is 0 Å². The Morgan fingerprint density at radius 2 is 2.23 bits per heavy atom. The highest BCUT2D eigenvalue weighted by atomic mass is 32.1. The number of aliphatic hydroxyl groups is 1. The molecule has 0 unspecified atom stereocenters. The molecule has 1 aliphatic heterocycles. The molecule has 1 aromatic heterocycles. The van der Waals surface area contributed by atoms with Crippen molar-refractivity contribution in [2.75, 3.05) is 38.0 Å². The lowest BCUT2D eigenvalue weighted by molar-refractivity contribution is -0.118. The average molecular weight is 326 g/mol. The maximum absolute atomic E-state index is 12.1. The summed E-state index contributed by atoms with van der Waals surface area (Å²) >= 11 is 1.51. The molecule has 1 fully saturated rings. The van der Waals surface area contributed by atoms with Gasteiger partial charge in [-0.05, 0) is 27.7 Å². The zero-order valence-corrected chi connectivity index (χ0v) is 14.6. The number of carbonyl (C=O) groups is 1. The Bertz CT molecular complexity index is 498. The number of thiazole rings is 1. The average Bonchev–Trinajstić information content (AvgIpc) is 2.71. The second kappa shape index (κ2) is 7.50. The van der Waals surface area contributed by atoms with E-state index in [1.165, 1.54) is 11.3 Å². The molecule has 2 rings (SSSR count). The summed E-state index contributed by atoms with van der Waals surface area (Å²) in [6.07, 6.45) is -0.311. The lowest BCUT2D eigenvalue weighted by Crippen LogP contribution is -2.54. The number of nitrogens with one attached hydrogen (secondary N) is 1. The second-order valence-corrected chi connectivity index (χ2v) is 7.34. The number of rotatable bonds is 5. The minimum atomic E-state index is -0.311. The fourth-order valence-electron chi connectivity index (χ4n) is 2.71. The lowest BCUT2D eigenvalue weighted by Gasteiger charge is -2.40. The molecule has 0 saturated carbocycles. The Labute approximate surface area is 136 Å². The number of nitrogens with zero attached hydrogens (tertiary/aromatic N) is 3. The van der Waals surface area contributed by atoms with Crippen LogP contribution in [-0.2, 0) is 4.79 Å². The van der Waals surface area contributed by atoms with Crippen molar-refractivity contribution < 1.29 is 9.90 Å². The van der Waals surface area contributed by atoms with Gasteiger partial charge in [0.05, 0.1) is 18.3 Å². The number of piperazine rings is 1. The van der Waals surface area contributed by atoms with Crippen molar-refractivity contribution in [3.05, 3.63) is 10.6 Å². The van der Waals surface area contributed by atoms with E-state index in [-0.39, 0.29) is 12.0 Å². The first kappa shape index (κ1) is 17.3. The molecule has 1 saturated heterocycles. The molecule has 2 N–H and O–H groups in total. The Kier molecular flexibility index (Phi) is 5.91. The van der Waals surface area contributed by atoms with Crippen LogP contribution in [0.3, 0.4) is 0 Å². The van der Waals surface area contributed by atoms with Crippen LogP contribution in [-0.4, -0.2) is 70.7 Å². The summed E-state index contributed by atoms with van der Waals surface area (Å²) in [7, 11) is 0. The van der Waals surface area contributed by atoms with Crippen LogP contribution in [0.25, 0.3) is 0 Å². The molecule has 2 atom stereocenters. The highest BCUT2D eigenvalue weighted by Crippen LogP contribution is 2.21. The Hall–Kier alpha value is -1.02. The number of aryl methyl sites for hydroxylation is 2. The van der Waals surface area contributed by atoms with Crippen LogP contribution in [0.5, 0.6) is 0 Å². The van der Waals surface area contributed by atoms with Crippen molar-refractivity contribution >= 4 is 22.4 Å². The van der Waals surface area contributed by atoms with Crippen LogP contribution in [0.1, 0.15) is 24.4 Å². The molecule has 1 amide bonds. The van der Waals surface area contributed by atoms with E-state index in [4.69, 9.17) is 0 Å². The summed E-state index contributed by atoms with van der Waals surface area (Å²) in [6, 6.07) is 0.348. The number of aromatic nitrogens is 1. The van der Waals surface area contributed by atoms with Crippen molar-refractivity contribution in [3.8, 4) is 0 Å². The van der Waals surface area contributed by atoms with Gasteiger partial charge < -0.3 is 10.4 Å². The monoisotopic (exact) mass is 326 g/mol. The first-order valence-electron chi connectivity index (χ1n) is 7.73. The van der Waals surface area contributed by atoms with Crippen LogP contribution in [0.15, 0.2) is 0 Å². The van der Waals surface area contributed by atoms with E-state index in [0.717, 1.165) is 30.2 Å². The van der Waals surface area contributed by atoms with Crippen molar-refractivity contribution in [1.29, 1.82) is 0 Å². The van der Waals surface area contributed by atoms with Crippen molar-refractivity contribution in [2.45, 2.75) is 39.8 Å². The molecular weight excluding hydrogens is 300 g/mol. The number of anilines is 1. The highest BCUT2D eigenvalue weighted by molar-refractivity contribution is 7.15. The Morgan fingerprint density at radius 1 is 1.50 bits per heavy atom. The third-order valence-electron chi connectivity index (χ3n) is 3.99. The topological polar surface area (TPSA) is 68.7 Å². The summed E-state index contributed by atoms with van der Waals surface area (Å²) < 4.78 is 0. The van der Waals surface area contributed by atoms with E-state index in [1.54, 1.807) is 0 Å². The van der Waals surface area contributed by atoms with Crippen molar-refractivity contribution in [1.82, 2.24) is 14.8 Å². The highest BCUT2D eigenvalue weighted by Gasteiger charge is 2.25. The molecule has 1 aromatic rings. The fraction of sp³-hybridized carbons (Fsp3) is 0.733. The maximum atomic E-state index is 12.1. The SMILES string of the molecule is Cc1nc(NC(=O)CN2CCN(C[C@@H](C)O)[C@@H](C)C2)sc1C. The van der Waals surface area contributed by atoms with E-state index >= 15 is 0 Å². The number of carbonyl (C=O) groups excluding carboxylic acids is 1. The van der Waals surface area contributed by atoms with Gasteiger partial charge in [-0.25, -0.2) is 4.98 Å². The van der Waals surface area contributed by atoms with E-state index in [1.807, 2.05) is 20.8 Å². The molecule has 7 heteroatoms. The molecule has 2 heterocycles. The smallest absolute Gasteiger partial charge is 0.240 e. The van der Waals surface area contributed by atoms with Gasteiger partial charge in [0.1, 0.15) is 0 Å². The lowest BCUT2D eigenvalue weighted by atomic mass is 10.1. The molecule has 1 aliphatic rings. The van der Waals surface area contributed by atoms with Gasteiger partial charge in [0.25, 0.3) is 0 Å². The van der Waals surface area contributed by atoms with E-state index in [0.29, 0.717) is 24.3 Å². The maximum Gasteiger partial charge on any atom is 0.240 e. The van der Waals surface area contributed by atoms with Gasteiger partial charge in [-0.3, -0.25) is 14.6 Å². The summed E-state index contributed by atoms with van der Waals surface area (Å²) in [5.74, 6) is -0.00933. The summed E-state index contributed by atoms with van der Waals surface area (Å²) in [4.78, 5) is 22.0. The van der Waals surface area contributed by atoms with Gasteiger partial charge in [-0.15, -0.1) is 11.3 Å². The largest absolute Gasteiger partial charge is 0.392 e. The second-order valence-electron chi connectivity index (χ2n) is 6.14. The minimum Gasteiger partial charge on any atom is -0.392 e. The summed E-state index contributed by atoms with van der Waals surface area (Å²) in [6.45, 7) is 11.6. The van der Waals surface area contributed by atoms with Crippen LogP contribution in [0.2, 0.25) is 0 Å². The van der Waals surface area contributed by atoms with Gasteiger partial charge in [0, 0.05) is 37.1 Å². The molecule has 0 aliphatic carbocycles. The number of aliphatic hydroxyl groups excluding tert-OH is 1. The minimum absolute atomic E-state index is 0.00933. The molecule has 0 spiro atoms. The zero-order chi connectivity index (χ0) is 16.3. The van der Waals surface area contributed by atoms with Gasteiger partial charge in [-0.2, -0.15) is 0 Å². The van der Waals surface area contributed by atoms with Crippen LogP contribution < -0.4 is 5.32 Å². The number of hydrogen-bond acceptors (Lipinski definition) is 6. The normalized spacial score (nSPS) is 21.8. The predicted molar refractivity (Wildman–Crippen MR) is 89.4 cm³/mol. The van der Waals surface area contributed by atoms with Gasteiger partial charge >= 0.3 is 0 Å². The summed E-state index contributed by atoms with van der Waals surface area (Å²) in [5, 5.41) is 13.1. The van der Waals surface area contributed by atoms with Crippen LogP contribution >= 0.6 is 11.3 Å². The van der Waals surface area contributed by atoms with Gasteiger partial charge in [0.15, 0.2) is 5.13 Å². The van der Waals surface area contributed by atoms with E-state index < -0.39 is 0 Å².